The van der Waals surface area contributed by atoms with Crippen LogP contribution in [0.3, 0.4) is 0 Å². The predicted molar refractivity (Wildman–Crippen MR) is 47.3 cm³/mol. The van der Waals surface area contributed by atoms with Gasteiger partial charge in [-0.2, -0.15) is 0 Å². The smallest absolute Gasteiger partial charge is 0.0648 e. The Morgan fingerprint density at radius 2 is 2.00 bits per heavy atom. The van der Waals surface area contributed by atoms with Crippen molar-refractivity contribution in [3.05, 3.63) is 0 Å². The number of rotatable bonds is 0. The van der Waals surface area contributed by atoms with Gasteiger partial charge in [0.05, 0.1) is 6.61 Å². The Hall–Kier alpha value is 0.210. The van der Waals surface area contributed by atoms with Gasteiger partial charge >= 0.3 is 0 Å². The second kappa shape index (κ2) is 3.74. The lowest BCUT2D eigenvalue weighted by Crippen LogP contribution is -2.46. The highest BCUT2D eigenvalue weighted by atomic mass is 35.5. The highest BCUT2D eigenvalue weighted by molar-refractivity contribution is 5.85. The molecular formula is C8H16ClNO. The third-order valence-corrected chi connectivity index (χ3v) is 2.65. The first-order valence-electron chi connectivity index (χ1n) is 4.24. The van der Waals surface area contributed by atoms with Gasteiger partial charge in [0.2, 0.25) is 0 Å². The van der Waals surface area contributed by atoms with Gasteiger partial charge in [0.25, 0.3) is 0 Å². The van der Waals surface area contributed by atoms with Gasteiger partial charge in [0.15, 0.2) is 0 Å². The third kappa shape index (κ3) is 1.86. The molecule has 0 saturated carbocycles. The van der Waals surface area contributed by atoms with Crippen LogP contribution >= 0.6 is 12.4 Å². The van der Waals surface area contributed by atoms with Crippen LogP contribution in [-0.4, -0.2) is 25.3 Å². The van der Waals surface area contributed by atoms with Crippen LogP contribution in [0.2, 0.25) is 0 Å². The Morgan fingerprint density at radius 1 is 1.18 bits per heavy atom. The van der Waals surface area contributed by atoms with Crippen molar-refractivity contribution in [2.45, 2.75) is 31.2 Å². The Bertz CT molecular complexity index is 115. The number of halogens is 1. The van der Waals surface area contributed by atoms with Crippen molar-refractivity contribution in [3.8, 4) is 0 Å². The van der Waals surface area contributed by atoms with E-state index in [9.17, 15) is 0 Å². The predicted octanol–water partition coefficient (Wildman–Crippen LogP) is 1.34. The van der Waals surface area contributed by atoms with E-state index in [-0.39, 0.29) is 12.4 Å². The zero-order valence-electron chi connectivity index (χ0n) is 6.77. The zero-order chi connectivity index (χ0) is 6.86. The molecule has 0 bridgehead atoms. The van der Waals surface area contributed by atoms with E-state index in [2.05, 4.69) is 5.32 Å². The van der Waals surface area contributed by atoms with E-state index in [4.69, 9.17) is 4.74 Å². The monoisotopic (exact) mass is 177 g/mol. The highest BCUT2D eigenvalue weighted by Crippen LogP contribution is 2.27. The maximum absolute atomic E-state index is 5.44. The summed E-state index contributed by atoms with van der Waals surface area (Å²) in [6, 6.07) is 0. The van der Waals surface area contributed by atoms with Gasteiger partial charge in [0.1, 0.15) is 0 Å². The molecule has 1 unspecified atom stereocenters. The fourth-order valence-corrected chi connectivity index (χ4v) is 2.06. The molecule has 0 aromatic rings. The van der Waals surface area contributed by atoms with Gasteiger partial charge in [0, 0.05) is 12.1 Å². The molecule has 0 aromatic carbocycles. The van der Waals surface area contributed by atoms with E-state index in [1.165, 1.54) is 32.2 Å². The van der Waals surface area contributed by atoms with Gasteiger partial charge in [-0.15, -0.1) is 12.4 Å². The first-order valence-corrected chi connectivity index (χ1v) is 4.24. The lowest BCUT2D eigenvalue weighted by Gasteiger charge is -2.33. The Kier molecular flexibility index (Phi) is 3.16. The van der Waals surface area contributed by atoms with E-state index in [0.29, 0.717) is 5.54 Å². The molecule has 0 amide bonds. The van der Waals surface area contributed by atoms with Gasteiger partial charge in [-0.25, -0.2) is 0 Å². The van der Waals surface area contributed by atoms with Crippen molar-refractivity contribution in [2.75, 3.05) is 19.8 Å². The molecule has 0 aromatic heterocycles. The first kappa shape index (κ1) is 9.30. The van der Waals surface area contributed by atoms with Crippen LogP contribution in [0.25, 0.3) is 0 Å². The van der Waals surface area contributed by atoms with E-state index in [1.807, 2.05) is 0 Å². The van der Waals surface area contributed by atoms with Gasteiger partial charge in [-0.3, -0.25) is 0 Å². The highest BCUT2D eigenvalue weighted by Gasteiger charge is 2.34. The Labute approximate surface area is 74.1 Å². The Morgan fingerprint density at radius 3 is 2.55 bits per heavy atom. The maximum Gasteiger partial charge on any atom is 0.0648 e. The van der Waals surface area contributed by atoms with E-state index < -0.39 is 0 Å². The molecule has 3 heteroatoms. The fourth-order valence-electron chi connectivity index (χ4n) is 2.06. The molecule has 1 N–H and O–H groups in total. The lowest BCUT2D eigenvalue weighted by atomic mass is 9.91. The standard InChI is InChI=1S/C8H15NO.ClH/c1-3-8(9-5-1)4-2-6-10-7-8;/h9H,1-7H2;1H. The molecule has 0 radical (unpaired) electrons. The van der Waals surface area contributed by atoms with E-state index in [1.54, 1.807) is 0 Å². The summed E-state index contributed by atoms with van der Waals surface area (Å²) < 4.78 is 5.44. The van der Waals surface area contributed by atoms with Crippen LogP contribution < -0.4 is 5.32 Å². The summed E-state index contributed by atoms with van der Waals surface area (Å²) in [6.07, 6.45) is 5.23. The summed E-state index contributed by atoms with van der Waals surface area (Å²) >= 11 is 0. The first-order chi connectivity index (χ1) is 4.91. The van der Waals surface area contributed by atoms with Gasteiger partial charge < -0.3 is 10.1 Å². The molecule has 2 aliphatic rings. The molecule has 2 fully saturated rings. The van der Waals surface area contributed by atoms with Crippen LogP contribution in [0.4, 0.5) is 0 Å². The van der Waals surface area contributed by atoms with Crippen LogP contribution in [0.5, 0.6) is 0 Å². The summed E-state index contributed by atoms with van der Waals surface area (Å²) in [5.41, 5.74) is 0.401. The van der Waals surface area contributed by atoms with Gasteiger partial charge in [-0.1, -0.05) is 0 Å². The molecular weight excluding hydrogens is 162 g/mol. The molecule has 66 valence electrons. The second-order valence-corrected chi connectivity index (χ2v) is 3.47. The molecule has 2 rings (SSSR count). The zero-order valence-corrected chi connectivity index (χ0v) is 7.58. The third-order valence-electron chi connectivity index (χ3n) is 2.65. The minimum Gasteiger partial charge on any atom is -0.380 e. The topological polar surface area (TPSA) is 21.3 Å². The number of hydrogen-bond acceptors (Lipinski definition) is 2. The van der Waals surface area contributed by atoms with Crippen molar-refractivity contribution >= 4 is 12.4 Å². The van der Waals surface area contributed by atoms with Crippen molar-refractivity contribution < 1.29 is 4.74 Å². The molecule has 2 saturated heterocycles. The van der Waals surface area contributed by atoms with Gasteiger partial charge in [-0.05, 0) is 32.2 Å². The minimum atomic E-state index is 0. The van der Waals surface area contributed by atoms with Crippen LogP contribution in [0, 0.1) is 0 Å². The summed E-state index contributed by atoms with van der Waals surface area (Å²) in [4.78, 5) is 0. The van der Waals surface area contributed by atoms with E-state index in [0.717, 1.165) is 13.2 Å². The van der Waals surface area contributed by atoms with E-state index >= 15 is 0 Å². The fraction of sp³-hybridized carbons (Fsp3) is 1.00. The normalized spacial score (nSPS) is 37.1. The lowest BCUT2D eigenvalue weighted by molar-refractivity contribution is 0.0291. The van der Waals surface area contributed by atoms with Crippen LogP contribution in [0.1, 0.15) is 25.7 Å². The summed E-state index contributed by atoms with van der Waals surface area (Å²) in [7, 11) is 0. The van der Waals surface area contributed by atoms with Crippen LogP contribution in [0.15, 0.2) is 0 Å². The summed E-state index contributed by atoms with van der Waals surface area (Å²) in [5, 5.41) is 3.55. The largest absolute Gasteiger partial charge is 0.380 e. The van der Waals surface area contributed by atoms with Crippen molar-refractivity contribution in [1.29, 1.82) is 0 Å². The van der Waals surface area contributed by atoms with Crippen molar-refractivity contribution in [1.82, 2.24) is 5.32 Å². The molecule has 1 spiro atoms. The van der Waals surface area contributed by atoms with Crippen molar-refractivity contribution in [3.63, 3.8) is 0 Å². The maximum atomic E-state index is 5.44. The molecule has 2 nitrogen and oxygen atoms in total. The molecule has 11 heavy (non-hydrogen) atoms. The number of nitrogens with one attached hydrogen (secondary N) is 1. The molecule has 2 aliphatic heterocycles. The molecule has 2 heterocycles. The number of hydrogen-bond donors (Lipinski definition) is 1. The minimum absolute atomic E-state index is 0. The second-order valence-electron chi connectivity index (χ2n) is 3.47. The molecule has 1 atom stereocenters. The average Bonchev–Trinajstić information content (AvgIpc) is 2.39. The van der Waals surface area contributed by atoms with Crippen molar-refractivity contribution in [2.24, 2.45) is 0 Å². The Balaban J connectivity index is 0.000000605. The SMILES string of the molecule is C1CNC2(C1)CCCOC2.Cl. The van der Waals surface area contributed by atoms with Crippen LogP contribution in [-0.2, 0) is 4.74 Å². The molecule has 0 aliphatic carbocycles. The number of ether oxygens (including phenoxy) is 1. The summed E-state index contributed by atoms with van der Waals surface area (Å²) in [5.74, 6) is 0. The quantitative estimate of drug-likeness (QED) is 0.603. The summed E-state index contributed by atoms with van der Waals surface area (Å²) in [6.45, 7) is 3.12. The average molecular weight is 178 g/mol.